The molecule has 0 bridgehead atoms. The van der Waals surface area contributed by atoms with Crippen LogP contribution in [0.1, 0.15) is 6.92 Å². The molecule has 0 saturated carbocycles. The highest BCUT2D eigenvalue weighted by atomic mass is 19.4. The molecule has 0 aliphatic carbocycles. The van der Waals surface area contributed by atoms with Crippen LogP contribution in [-0.2, 0) is 4.79 Å². The lowest BCUT2D eigenvalue weighted by Crippen LogP contribution is -2.58. The number of hydrogen-bond acceptors (Lipinski definition) is 2. The molecular weight excluding hydrogens is 241 g/mol. The van der Waals surface area contributed by atoms with E-state index in [0.29, 0.717) is 4.90 Å². The van der Waals surface area contributed by atoms with E-state index in [9.17, 15) is 22.8 Å². The second-order valence-corrected chi connectivity index (χ2v) is 3.85. The lowest BCUT2D eigenvalue weighted by Gasteiger charge is -2.39. The van der Waals surface area contributed by atoms with Crippen LogP contribution in [0.3, 0.4) is 0 Å². The molecule has 8 heteroatoms. The fourth-order valence-electron chi connectivity index (χ4n) is 1.52. The maximum atomic E-state index is 12.1. The Morgan fingerprint density at radius 3 is 2.29 bits per heavy atom. The van der Waals surface area contributed by atoms with Gasteiger partial charge in [-0.15, -0.1) is 0 Å². The Bertz CT molecular complexity index is 313. The molecule has 0 unspecified atom stereocenters. The molecule has 98 valence electrons. The van der Waals surface area contributed by atoms with Crippen molar-refractivity contribution in [3.63, 3.8) is 0 Å². The molecule has 1 rings (SSSR count). The van der Waals surface area contributed by atoms with Gasteiger partial charge in [-0.1, -0.05) is 0 Å². The monoisotopic (exact) mass is 254 g/mol. The van der Waals surface area contributed by atoms with E-state index in [2.05, 4.69) is 0 Å². The first kappa shape index (κ1) is 13.6. The molecule has 1 N–H and O–H groups in total. The van der Waals surface area contributed by atoms with Gasteiger partial charge >= 0.3 is 18.2 Å². The number of carbonyl (C=O) groups is 2. The van der Waals surface area contributed by atoms with Crippen molar-refractivity contribution in [2.24, 2.45) is 5.92 Å². The molecule has 1 aliphatic heterocycles. The molecule has 0 radical (unpaired) electrons. The number of urea groups is 1. The van der Waals surface area contributed by atoms with E-state index >= 15 is 0 Å². The highest BCUT2D eigenvalue weighted by molar-refractivity contribution is 5.79. The standard InChI is InChI=1S/C9H13F3N2O3/c1-2-13(5-9(10,11)12)8(17)14-3-6(4-14)7(15)16/h6H,2-5H2,1H3,(H,15,16). The van der Waals surface area contributed by atoms with Crippen LogP contribution in [0.4, 0.5) is 18.0 Å². The number of rotatable bonds is 3. The molecule has 0 spiro atoms. The molecular formula is C9H13F3N2O3. The second-order valence-electron chi connectivity index (χ2n) is 3.85. The maximum absolute atomic E-state index is 12.1. The minimum absolute atomic E-state index is 0.0253. The number of amides is 2. The van der Waals surface area contributed by atoms with E-state index in [1.165, 1.54) is 6.92 Å². The van der Waals surface area contributed by atoms with Crippen LogP contribution in [0.2, 0.25) is 0 Å². The number of nitrogens with zero attached hydrogens (tertiary/aromatic N) is 2. The summed E-state index contributed by atoms with van der Waals surface area (Å²) in [7, 11) is 0. The van der Waals surface area contributed by atoms with E-state index < -0.39 is 30.6 Å². The zero-order valence-electron chi connectivity index (χ0n) is 9.20. The van der Waals surface area contributed by atoms with Crippen LogP contribution in [0.25, 0.3) is 0 Å². The van der Waals surface area contributed by atoms with E-state index in [1.807, 2.05) is 0 Å². The van der Waals surface area contributed by atoms with Gasteiger partial charge in [0.2, 0.25) is 0 Å². The molecule has 0 atom stereocenters. The molecule has 0 aromatic carbocycles. The fourth-order valence-corrected chi connectivity index (χ4v) is 1.52. The van der Waals surface area contributed by atoms with Crippen molar-refractivity contribution in [2.45, 2.75) is 13.1 Å². The highest BCUT2D eigenvalue weighted by Crippen LogP contribution is 2.21. The molecule has 1 heterocycles. The third-order valence-corrected chi connectivity index (χ3v) is 2.52. The summed E-state index contributed by atoms with van der Waals surface area (Å²) in [5.74, 6) is -1.70. The van der Waals surface area contributed by atoms with Crippen molar-refractivity contribution in [3.05, 3.63) is 0 Å². The van der Waals surface area contributed by atoms with Crippen LogP contribution in [-0.4, -0.2) is 59.3 Å². The van der Waals surface area contributed by atoms with E-state index in [-0.39, 0.29) is 19.6 Å². The predicted octanol–water partition coefficient (Wildman–Crippen LogP) is 1.01. The second kappa shape index (κ2) is 4.80. The van der Waals surface area contributed by atoms with Gasteiger partial charge < -0.3 is 14.9 Å². The summed E-state index contributed by atoms with van der Waals surface area (Å²) in [5.41, 5.74) is 0. The molecule has 2 amide bonds. The number of carboxylic acids is 1. The number of halogens is 3. The minimum atomic E-state index is -4.44. The van der Waals surface area contributed by atoms with Gasteiger partial charge in [0.05, 0.1) is 5.92 Å². The van der Waals surface area contributed by atoms with Crippen LogP contribution >= 0.6 is 0 Å². The number of hydrogen-bond donors (Lipinski definition) is 1. The highest BCUT2D eigenvalue weighted by Gasteiger charge is 2.40. The Kier molecular flexibility index (Phi) is 3.84. The summed E-state index contributed by atoms with van der Waals surface area (Å²) in [6.07, 6.45) is -4.44. The van der Waals surface area contributed by atoms with Crippen LogP contribution in [0, 0.1) is 5.92 Å². The summed E-state index contributed by atoms with van der Waals surface area (Å²) in [5, 5.41) is 8.58. The molecule has 1 saturated heterocycles. The van der Waals surface area contributed by atoms with E-state index in [1.54, 1.807) is 0 Å². The third kappa shape index (κ3) is 3.50. The molecule has 0 aromatic heterocycles. The molecule has 1 aliphatic rings. The molecule has 1 fully saturated rings. The van der Waals surface area contributed by atoms with Gasteiger partial charge in [0, 0.05) is 19.6 Å². The molecule has 17 heavy (non-hydrogen) atoms. The largest absolute Gasteiger partial charge is 0.481 e. The van der Waals surface area contributed by atoms with Crippen molar-refractivity contribution in [1.29, 1.82) is 0 Å². The first-order chi connectivity index (χ1) is 7.74. The first-order valence-electron chi connectivity index (χ1n) is 5.08. The lowest BCUT2D eigenvalue weighted by molar-refractivity contribution is -0.149. The number of likely N-dealkylation sites (tertiary alicyclic amines) is 1. The van der Waals surface area contributed by atoms with Gasteiger partial charge in [0.15, 0.2) is 0 Å². The zero-order valence-corrected chi connectivity index (χ0v) is 9.20. The Morgan fingerprint density at radius 2 is 1.94 bits per heavy atom. The Hall–Kier alpha value is -1.47. The summed E-state index contributed by atoms with van der Waals surface area (Å²) in [6.45, 7) is 0.0201. The van der Waals surface area contributed by atoms with Crippen LogP contribution in [0.5, 0.6) is 0 Å². The SMILES string of the molecule is CCN(CC(F)(F)F)C(=O)N1CC(C(=O)O)C1. The predicted molar refractivity (Wildman–Crippen MR) is 51.4 cm³/mol. The molecule has 5 nitrogen and oxygen atoms in total. The zero-order chi connectivity index (χ0) is 13.2. The topological polar surface area (TPSA) is 60.9 Å². The first-order valence-corrected chi connectivity index (χ1v) is 5.08. The quantitative estimate of drug-likeness (QED) is 0.817. The smallest absolute Gasteiger partial charge is 0.406 e. The van der Waals surface area contributed by atoms with Crippen molar-refractivity contribution in [1.82, 2.24) is 9.80 Å². The van der Waals surface area contributed by atoms with Gasteiger partial charge in [-0.2, -0.15) is 13.2 Å². The van der Waals surface area contributed by atoms with Gasteiger partial charge in [-0.25, -0.2) is 4.79 Å². The lowest BCUT2D eigenvalue weighted by atomic mass is 10.0. The number of carboxylic acid groups (broad SMARTS) is 1. The van der Waals surface area contributed by atoms with Crippen LogP contribution < -0.4 is 0 Å². The number of aliphatic carboxylic acids is 1. The van der Waals surface area contributed by atoms with Crippen molar-refractivity contribution in [2.75, 3.05) is 26.2 Å². The normalized spacial score (nSPS) is 16.6. The number of carbonyl (C=O) groups excluding carboxylic acids is 1. The van der Waals surface area contributed by atoms with Crippen molar-refractivity contribution >= 4 is 12.0 Å². The Morgan fingerprint density at radius 1 is 1.41 bits per heavy atom. The Balaban J connectivity index is 2.49. The Labute approximate surface area is 95.8 Å². The van der Waals surface area contributed by atoms with Gasteiger partial charge in [-0.05, 0) is 6.92 Å². The third-order valence-electron chi connectivity index (χ3n) is 2.52. The average molecular weight is 254 g/mol. The molecule has 0 aromatic rings. The van der Waals surface area contributed by atoms with Crippen molar-refractivity contribution < 1.29 is 27.9 Å². The average Bonchev–Trinajstić information content (AvgIpc) is 2.09. The summed E-state index contributed by atoms with van der Waals surface area (Å²) in [6, 6.07) is -0.762. The number of alkyl halides is 3. The van der Waals surface area contributed by atoms with E-state index in [4.69, 9.17) is 5.11 Å². The van der Waals surface area contributed by atoms with Crippen LogP contribution in [0.15, 0.2) is 0 Å². The minimum Gasteiger partial charge on any atom is -0.481 e. The summed E-state index contributed by atoms with van der Waals surface area (Å²) in [4.78, 5) is 23.8. The van der Waals surface area contributed by atoms with Gasteiger partial charge in [0.25, 0.3) is 0 Å². The maximum Gasteiger partial charge on any atom is 0.406 e. The summed E-state index contributed by atoms with van der Waals surface area (Å²) < 4.78 is 36.4. The van der Waals surface area contributed by atoms with Gasteiger partial charge in [-0.3, -0.25) is 4.79 Å². The van der Waals surface area contributed by atoms with Gasteiger partial charge in [0.1, 0.15) is 6.54 Å². The van der Waals surface area contributed by atoms with Crippen molar-refractivity contribution in [3.8, 4) is 0 Å². The van der Waals surface area contributed by atoms with E-state index in [0.717, 1.165) is 4.90 Å². The summed E-state index contributed by atoms with van der Waals surface area (Å²) >= 11 is 0. The fraction of sp³-hybridized carbons (Fsp3) is 0.778.